The van der Waals surface area contributed by atoms with Crippen LogP contribution in [0, 0.1) is 12.8 Å². The molecule has 3 nitrogen and oxygen atoms in total. The molecule has 0 amide bonds. The van der Waals surface area contributed by atoms with Gasteiger partial charge in [-0.15, -0.1) is 0 Å². The molecule has 1 fully saturated rings. The second-order valence-corrected chi connectivity index (χ2v) is 6.91. The number of aromatic nitrogens is 2. The summed E-state index contributed by atoms with van der Waals surface area (Å²) in [6, 6.07) is 5.94. The van der Waals surface area contributed by atoms with Gasteiger partial charge < -0.3 is 4.98 Å². The lowest BCUT2D eigenvalue weighted by Crippen LogP contribution is -2.35. The monoisotopic (exact) mass is 351 g/mol. The van der Waals surface area contributed by atoms with E-state index < -0.39 is 11.7 Å². The second kappa shape index (κ2) is 7.60. The molecular formula is C19H24F3N3. The van der Waals surface area contributed by atoms with Crippen molar-refractivity contribution >= 4 is 0 Å². The second-order valence-electron chi connectivity index (χ2n) is 6.91. The Morgan fingerprint density at radius 1 is 1.28 bits per heavy atom. The van der Waals surface area contributed by atoms with Gasteiger partial charge in [0.25, 0.3) is 0 Å². The van der Waals surface area contributed by atoms with Crippen LogP contribution in [0.5, 0.6) is 0 Å². The smallest absolute Gasteiger partial charge is 0.348 e. The zero-order valence-corrected chi connectivity index (χ0v) is 14.4. The van der Waals surface area contributed by atoms with Crippen LogP contribution in [-0.2, 0) is 19.1 Å². The third-order valence-corrected chi connectivity index (χ3v) is 5.06. The van der Waals surface area contributed by atoms with Crippen molar-refractivity contribution in [2.24, 2.45) is 5.92 Å². The molecule has 1 N–H and O–H groups in total. The van der Waals surface area contributed by atoms with Gasteiger partial charge in [-0.3, -0.25) is 4.90 Å². The third kappa shape index (κ3) is 4.63. The Labute approximate surface area is 146 Å². The summed E-state index contributed by atoms with van der Waals surface area (Å²) < 4.78 is 39.3. The Hall–Kier alpha value is -1.82. The summed E-state index contributed by atoms with van der Waals surface area (Å²) in [7, 11) is 0. The summed E-state index contributed by atoms with van der Waals surface area (Å²) in [5, 5.41) is 0. The number of aromatic amines is 1. The van der Waals surface area contributed by atoms with Crippen molar-refractivity contribution in [3.8, 4) is 0 Å². The van der Waals surface area contributed by atoms with Crippen molar-refractivity contribution in [1.29, 1.82) is 0 Å². The zero-order chi connectivity index (χ0) is 17.9. The predicted octanol–water partition coefficient (Wildman–Crippen LogP) is 4.58. The SMILES string of the molecule is Cc1[nH]cnc1CN1CCCC(CCc2ccccc2C(F)(F)F)C1. The number of piperidine rings is 1. The van der Waals surface area contributed by atoms with Crippen LogP contribution in [0.2, 0.25) is 0 Å². The molecule has 1 aliphatic heterocycles. The van der Waals surface area contributed by atoms with Crippen molar-refractivity contribution in [3.05, 3.63) is 53.1 Å². The highest BCUT2D eigenvalue weighted by molar-refractivity contribution is 5.29. The molecule has 0 saturated carbocycles. The van der Waals surface area contributed by atoms with E-state index in [9.17, 15) is 13.2 Å². The van der Waals surface area contributed by atoms with Crippen LogP contribution in [0.1, 0.15) is 41.8 Å². The summed E-state index contributed by atoms with van der Waals surface area (Å²) in [4.78, 5) is 9.81. The molecule has 1 atom stereocenters. The number of alkyl halides is 3. The maximum Gasteiger partial charge on any atom is 0.416 e. The van der Waals surface area contributed by atoms with Gasteiger partial charge in [0.2, 0.25) is 0 Å². The quantitative estimate of drug-likeness (QED) is 0.855. The number of rotatable bonds is 5. The molecule has 136 valence electrons. The molecule has 1 saturated heterocycles. The van der Waals surface area contributed by atoms with Gasteiger partial charge in [-0.05, 0) is 56.7 Å². The van der Waals surface area contributed by atoms with Crippen LogP contribution < -0.4 is 0 Å². The zero-order valence-electron chi connectivity index (χ0n) is 14.4. The van der Waals surface area contributed by atoms with Crippen molar-refractivity contribution in [2.75, 3.05) is 13.1 Å². The standard InChI is InChI=1S/C19H24F3N3/c1-14-18(24-13-23-14)12-25-10-4-5-15(11-25)8-9-16-6-2-3-7-17(16)19(20,21)22/h2-3,6-7,13,15H,4-5,8-12H2,1H3,(H,23,24). The molecular weight excluding hydrogens is 327 g/mol. The molecule has 0 spiro atoms. The molecule has 0 radical (unpaired) electrons. The number of aryl methyl sites for hydroxylation is 2. The van der Waals surface area contributed by atoms with Crippen molar-refractivity contribution in [2.45, 2.75) is 45.3 Å². The highest BCUT2D eigenvalue weighted by Crippen LogP contribution is 2.33. The largest absolute Gasteiger partial charge is 0.416 e. The summed E-state index contributed by atoms with van der Waals surface area (Å²) in [6.45, 7) is 4.78. The number of nitrogens with zero attached hydrogens (tertiary/aromatic N) is 2. The fraction of sp³-hybridized carbons (Fsp3) is 0.526. The number of hydrogen-bond donors (Lipinski definition) is 1. The summed E-state index contributed by atoms with van der Waals surface area (Å²) in [6.07, 6.45) is 0.894. The minimum atomic E-state index is -4.27. The average molecular weight is 351 g/mol. The van der Waals surface area contributed by atoms with Gasteiger partial charge in [0.05, 0.1) is 17.6 Å². The minimum Gasteiger partial charge on any atom is -0.348 e. The molecule has 0 aliphatic carbocycles. The minimum absolute atomic E-state index is 0.412. The Morgan fingerprint density at radius 3 is 2.80 bits per heavy atom. The average Bonchev–Trinajstić information content (AvgIpc) is 2.98. The summed E-state index contributed by atoms with van der Waals surface area (Å²) in [5.41, 5.74) is 2.06. The number of nitrogens with one attached hydrogen (secondary N) is 1. The Kier molecular flexibility index (Phi) is 5.47. The Morgan fingerprint density at radius 2 is 2.08 bits per heavy atom. The van der Waals surface area contributed by atoms with Gasteiger partial charge in [0.15, 0.2) is 0 Å². The van der Waals surface area contributed by atoms with E-state index in [0.29, 0.717) is 17.9 Å². The first-order valence-electron chi connectivity index (χ1n) is 8.80. The van der Waals surface area contributed by atoms with Crippen LogP contribution in [0.4, 0.5) is 13.2 Å². The van der Waals surface area contributed by atoms with E-state index in [1.165, 1.54) is 12.1 Å². The van der Waals surface area contributed by atoms with Crippen LogP contribution in [0.25, 0.3) is 0 Å². The molecule has 25 heavy (non-hydrogen) atoms. The van der Waals surface area contributed by atoms with Crippen LogP contribution in [0.15, 0.2) is 30.6 Å². The lowest BCUT2D eigenvalue weighted by atomic mass is 9.90. The fourth-order valence-corrected chi connectivity index (χ4v) is 3.66. The van der Waals surface area contributed by atoms with Gasteiger partial charge in [-0.2, -0.15) is 13.2 Å². The number of H-pyrrole nitrogens is 1. The summed E-state index contributed by atoms with van der Waals surface area (Å²) in [5.74, 6) is 0.439. The number of halogens is 3. The van der Waals surface area contributed by atoms with Gasteiger partial charge in [0.1, 0.15) is 0 Å². The molecule has 1 unspecified atom stereocenters. The van der Waals surface area contributed by atoms with Crippen LogP contribution in [-0.4, -0.2) is 28.0 Å². The van der Waals surface area contributed by atoms with Gasteiger partial charge >= 0.3 is 6.18 Å². The first-order valence-corrected chi connectivity index (χ1v) is 8.80. The molecule has 6 heteroatoms. The molecule has 3 rings (SSSR count). The molecule has 2 aromatic rings. The summed E-state index contributed by atoms with van der Waals surface area (Å²) >= 11 is 0. The van der Waals surface area contributed by atoms with E-state index in [2.05, 4.69) is 14.9 Å². The van der Waals surface area contributed by atoms with E-state index in [1.807, 2.05) is 6.92 Å². The lowest BCUT2D eigenvalue weighted by molar-refractivity contribution is -0.138. The van der Waals surface area contributed by atoms with Gasteiger partial charge in [-0.1, -0.05) is 18.2 Å². The molecule has 1 aliphatic rings. The number of benzene rings is 1. The maximum absolute atomic E-state index is 13.1. The number of likely N-dealkylation sites (tertiary alicyclic amines) is 1. The molecule has 1 aromatic heterocycles. The highest BCUT2D eigenvalue weighted by Gasteiger charge is 2.33. The van der Waals surface area contributed by atoms with Crippen molar-refractivity contribution < 1.29 is 13.2 Å². The normalized spacial score (nSPS) is 19.3. The van der Waals surface area contributed by atoms with Crippen molar-refractivity contribution in [1.82, 2.24) is 14.9 Å². The first kappa shape index (κ1) is 18.0. The Bertz CT molecular complexity index is 693. The first-order chi connectivity index (χ1) is 11.9. The fourth-order valence-electron chi connectivity index (χ4n) is 3.66. The maximum atomic E-state index is 13.1. The van der Waals surface area contributed by atoms with Crippen molar-refractivity contribution in [3.63, 3.8) is 0 Å². The van der Waals surface area contributed by atoms with Crippen LogP contribution >= 0.6 is 0 Å². The van der Waals surface area contributed by atoms with E-state index in [-0.39, 0.29) is 0 Å². The third-order valence-electron chi connectivity index (χ3n) is 5.06. The van der Waals surface area contributed by atoms with Gasteiger partial charge in [0, 0.05) is 18.8 Å². The molecule has 1 aromatic carbocycles. The van der Waals surface area contributed by atoms with Gasteiger partial charge in [-0.25, -0.2) is 4.98 Å². The van der Waals surface area contributed by atoms with E-state index in [4.69, 9.17) is 0 Å². The Balaban J connectivity index is 1.58. The van der Waals surface area contributed by atoms with E-state index >= 15 is 0 Å². The molecule has 2 heterocycles. The number of hydrogen-bond acceptors (Lipinski definition) is 2. The lowest BCUT2D eigenvalue weighted by Gasteiger charge is -2.32. The topological polar surface area (TPSA) is 31.9 Å². The molecule has 0 bridgehead atoms. The number of imidazole rings is 1. The highest BCUT2D eigenvalue weighted by atomic mass is 19.4. The van der Waals surface area contributed by atoms with E-state index in [0.717, 1.165) is 50.3 Å². The predicted molar refractivity (Wildman–Crippen MR) is 91.1 cm³/mol. The van der Waals surface area contributed by atoms with Crippen LogP contribution in [0.3, 0.4) is 0 Å². The van der Waals surface area contributed by atoms with E-state index in [1.54, 1.807) is 18.5 Å².